The first kappa shape index (κ1) is 17.0. The first-order valence-electron chi connectivity index (χ1n) is 7.36. The Morgan fingerprint density at radius 1 is 1.25 bits per heavy atom. The summed E-state index contributed by atoms with van der Waals surface area (Å²) in [6.45, 7) is 9.41. The molecule has 0 saturated carbocycles. The van der Waals surface area contributed by atoms with Gasteiger partial charge in [-0.3, -0.25) is 0 Å². The van der Waals surface area contributed by atoms with Crippen molar-refractivity contribution in [3.05, 3.63) is 29.3 Å². The molecular formula is C17H29NO2. The van der Waals surface area contributed by atoms with Crippen LogP contribution in [0.5, 0.6) is 5.75 Å². The zero-order valence-corrected chi connectivity index (χ0v) is 13.7. The normalized spacial score (nSPS) is 13.3. The van der Waals surface area contributed by atoms with Gasteiger partial charge in [-0.25, -0.2) is 0 Å². The molecule has 0 amide bonds. The number of benzene rings is 1. The molecule has 0 aromatic heterocycles. The van der Waals surface area contributed by atoms with Crippen LogP contribution < -0.4 is 10.1 Å². The molecule has 0 fully saturated rings. The van der Waals surface area contributed by atoms with Gasteiger partial charge in [0.2, 0.25) is 0 Å². The van der Waals surface area contributed by atoms with E-state index in [-0.39, 0.29) is 5.60 Å². The van der Waals surface area contributed by atoms with E-state index in [9.17, 15) is 0 Å². The van der Waals surface area contributed by atoms with Gasteiger partial charge in [-0.1, -0.05) is 19.1 Å². The van der Waals surface area contributed by atoms with Gasteiger partial charge < -0.3 is 14.8 Å². The molecule has 0 aliphatic carbocycles. The maximum Gasteiger partial charge on any atom is 0.123 e. The fourth-order valence-corrected chi connectivity index (χ4v) is 2.31. The van der Waals surface area contributed by atoms with Crippen LogP contribution in [-0.4, -0.2) is 26.4 Å². The Morgan fingerprint density at radius 3 is 2.50 bits per heavy atom. The zero-order valence-electron chi connectivity index (χ0n) is 13.7. The Morgan fingerprint density at radius 2 is 1.95 bits per heavy atom. The van der Waals surface area contributed by atoms with Crippen molar-refractivity contribution in [2.75, 3.05) is 20.8 Å². The average Bonchev–Trinajstić information content (AvgIpc) is 2.43. The van der Waals surface area contributed by atoms with Crippen molar-refractivity contribution >= 4 is 0 Å². The highest BCUT2D eigenvalue weighted by Crippen LogP contribution is 2.31. The van der Waals surface area contributed by atoms with E-state index >= 15 is 0 Å². The molecule has 20 heavy (non-hydrogen) atoms. The molecule has 1 rings (SSSR count). The molecule has 0 spiro atoms. The topological polar surface area (TPSA) is 30.5 Å². The van der Waals surface area contributed by atoms with Gasteiger partial charge in [-0.15, -0.1) is 0 Å². The number of hydrogen-bond donors (Lipinski definition) is 1. The summed E-state index contributed by atoms with van der Waals surface area (Å²) in [5.74, 6) is 0.964. The second kappa shape index (κ2) is 7.65. The lowest BCUT2D eigenvalue weighted by Gasteiger charge is -2.27. The third-order valence-electron chi connectivity index (χ3n) is 3.80. The minimum absolute atomic E-state index is 0.0917. The van der Waals surface area contributed by atoms with Gasteiger partial charge in [0.15, 0.2) is 0 Å². The Balaban J connectivity index is 2.90. The van der Waals surface area contributed by atoms with E-state index in [1.54, 1.807) is 14.2 Å². The van der Waals surface area contributed by atoms with Crippen LogP contribution in [0, 0.1) is 6.92 Å². The summed E-state index contributed by atoms with van der Waals surface area (Å²) in [7, 11) is 3.51. The molecular weight excluding hydrogens is 250 g/mol. The molecule has 3 heteroatoms. The van der Waals surface area contributed by atoms with E-state index in [4.69, 9.17) is 9.47 Å². The van der Waals surface area contributed by atoms with Crippen LogP contribution in [0.25, 0.3) is 0 Å². The summed E-state index contributed by atoms with van der Waals surface area (Å²) in [6.07, 6.45) is 2.02. The summed E-state index contributed by atoms with van der Waals surface area (Å²) in [6, 6.07) is 6.71. The molecule has 1 aromatic carbocycles. The number of methoxy groups -OCH3 is 2. The van der Waals surface area contributed by atoms with Crippen molar-refractivity contribution in [1.29, 1.82) is 0 Å². The van der Waals surface area contributed by atoms with Crippen molar-refractivity contribution in [3.8, 4) is 5.75 Å². The zero-order chi connectivity index (χ0) is 15.2. The quantitative estimate of drug-likeness (QED) is 0.784. The molecule has 1 atom stereocenters. The summed E-state index contributed by atoms with van der Waals surface area (Å²) in [5.41, 5.74) is 2.36. The summed E-state index contributed by atoms with van der Waals surface area (Å²) >= 11 is 0. The minimum Gasteiger partial charge on any atom is -0.496 e. The largest absolute Gasteiger partial charge is 0.496 e. The summed E-state index contributed by atoms with van der Waals surface area (Å²) in [4.78, 5) is 0. The maximum atomic E-state index is 5.54. The third-order valence-corrected chi connectivity index (χ3v) is 3.80. The number of ether oxygens (including phenoxy) is 2. The van der Waals surface area contributed by atoms with Crippen LogP contribution in [-0.2, 0) is 4.74 Å². The Hall–Kier alpha value is -1.06. The molecule has 1 N–H and O–H groups in total. The molecule has 114 valence electrons. The highest BCUT2D eigenvalue weighted by molar-refractivity contribution is 5.39. The van der Waals surface area contributed by atoms with Crippen molar-refractivity contribution in [2.45, 2.75) is 52.2 Å². The smallest absolute Gasteiger partial charge is 0.123 e. The standard InChI is InChI=1S/C17H29NO2/c1-7-18-15(10-11-17(3,4)20-6)14-9-8-13(2)12-16(14)19-5/h8-9,12,15,18H,7,10-11H2,1-6H3. The molecule has 1 aromatic rings. The highest BCUT2D eigenvalue weighted by Gasteiger charge is 2.21. The van der Waals surface area contributed by atoms with Gasteiger partial charge in [-0.05, 0) is 51.8 Å². The van der Waals surface area contributed by atoms with Gasteiger partial charge in [0.05, 0.1) is 12.7 Å². The highest BCUT2D eigenvalue weighted by atomic mass is 16.5. The third kappa shape index (κ3) is 4.80. The van der Waals surface area contributed by atoms with E-state index in [1.165, 1.54) is 11.1 Å². The summed E-state index contributed by atoms with van der Waals surface area (Å²) < 4.78 is 11.1. The van der Waals surface area contributed by atoms with Crippen LogP contribution in [0.1, 0.15) is 50.8 Å². The number of hydrogen-bond acceptors (Lipinski definition) is 3. The van der Waals surface area contributed by atoms with Gasteiger partial charge in [0.25, 0.3) is 0 Å². The Labute approximate surface area is 123 Å². The van der Waals surface area contributed by atoms with E-state index in [1.807, 2.05) is 0 Å². The molecule has 3 nitrogen and oxygen atoms in total. The maximum absolute atomic E-state index is 5.54. The second-order valence-corrected chi connectivity index (χ2v) is 5.86. The van der Waals surface area contributed by atoms with Crippen LogP contribution in [0.4, 0.5) is 0 Å². The van der Waals surface area contributed by atoms with Crippen molar-refractivity contribution in [3.63, 3.8) is 0 Å². The van der Waals surface area contributed by atoms with Gasteiger partial charge in [-0.2, -0.15) is 0 Å². The van der Waals surface area contributed by atoms with E-state index in [0.29, 0.717) is 6.04 Å². The molecule has 0 aliphatic heterocycles. The first-order valence-corrected chi connectivity index (χ1v) is 7.36. The fraction of sp³-hybridized carbons (Fsp3) is 0.647. The predicted octanol–water partition coefficient (Wildman–Crippen LogP) is 3.86. The fourth-order valence-electron chi connectivity index (χ4n) is 2.31. The Bertz CT molecular complexity index is 415. The van der Waals surface area contributed by atoms with Crippen LogP contribution >= 0.6 is 0 Å². The van der Waals surface area contributed by atoms with Gasteiger partial charge in [0.1, 0.15) is 5.75 Å². The van der Waals surface area contributed by atoms with E-state index in [2.05, 4.69) is 51.2 Å². The van der Waals surface area contributed by atoms with Crippen molar-refractivity contribution in [1.82, 2.24) is 5.32 Å². The van der Waals surface area contributed by atoms with Crippen LogP contribution in [0.3, 0.4) is 0 Å². The lowest BCUT2D eigenvalue weighted by molar-refractivity contribution is 0.0116. The average molecular weight is 279 g/mol. The lowest BCUT2D eigenvalue weighted by atomic mass is 9.94. The van der Waals surface area contributed by atoms with Gasteiger partial charge >= 0.3 is 0 Å². The van der Waals surface area contributed by atoms with Crippen molar-refractivity contribution in [2.24, 2.45) is 0 Å². The molecule has 1 unspecified atom stereocenters. The Kier molecular flexibility index (Phi) is 6.50. The second-order valence-electron chi connectivity index (χ2n) is 5.86. The first-order chi connectivity index (χ1) is 9.43. The predicted molar refractivity (Wildman–Crippen MR) is 84.5 cm³/mol. The number of aryl methyl sites for hydroxylation is 1. The van der Waals surface area contributed by atoms with Crippen LogP contribution in [0.2, 0.25) is 0 Å². The molecule has 0 heterocycles. The monoisotopic (exact) mass is 279 g/mol. The van der Waals surface area contributed by atoms with Crippen LogP contribution in [0.15, 0.2) is 18.2 Å². The van der Waals surface area contributed by atoms with Gasteiger partial charge in [0, 0.05) is 18.7 Å². The molecule has 0 saturated heterocycles. The van der Waals surface area contributed by atoms with E-state index < -0.39 is 0 Å². The minimum atomic E-state index is -0.0917. The summed E-state index contributed by atoms with van der Waals surface area (Å²) in [5, 5.41) is 3.55. The van der Waals surface area contributed by atoms with Crippen molar-refractivity contribution < 1.29 is 9.47 Å². The molecule has 0 aliphatic rings. The SMILES string of the molecule is CCNC(CCC(C)(C)OC)c1ccc(C)cc1OC. The molecule has 0 radical (unpaired) electrons. The van der Waals surface area contributed by atoms with E-state index in [0.717, 1.165) is 25.1 Å². The number of nitrogens with one attached hydrogen (secondary N) is 1. The molecule has 0 bridgehead atoms. The number of rotatable bonds is 8. The lowest BCUT2D eigenvalue weighted by Crippen LogP contribution is -2.27.